The summed E-state index contributed by atoms with van der Waals surface area (Å²) in [6.45, 7) is 15.2. The molecule has 1 aliphatic rings. The van der Waals surface area contributed by atoms with Crippen molar-refractivity contribution in [3.8, 4) is 5.75 Å². The van der Waals surface area contributed by atoms with Gasteiger partial charge in [0.2, 0.25) is 0 Å². The molecule has 1 N–H and O–H groups in total. The first-order valence-electron chi connectivity index (χ1n) is 8.25. The van der Waals surface area contributed by atoms with E-state index < -0.39 is 19.9 Å². The molecule has 2 rings (SSSR count). The van der Waals surface area contributed by atoms with Crippen LogP contribution in [0.5, 0.6) is 5.75 Å². The van der Waals surface area contributed by atoms with Gasteiger partial charge in [-0.05, 0) is 55.8 Å². The maximum absolute atomic E-state index is 10.7. The molecule has 0 saturated heterocycles. The molecule has 4 nitrogen and oxygen atoms in total. The van der Waals surface area contributed by atoms with Crippen molar-refractivity contribution < 1.29 is 19.1 Å². The van der Waals surface area contributed by atoms with Gasteiger partial charge < -0.3 is 14.3 Å². The average molecular weight is 349 g/mol. The number of aliphatic carboxylic acids is 1. The van der Waals surface area contributed by atoms with E-state index in [1.54, 1.807) is 6.08 Å². The maximum Gasteiger partial charge on any atom is 0.328 e. The summed E-state index contributed by atoms with van der Waals surface area (Å²) in [4.78, 5) is 10.7. The number of hydrogen-bond donors (Lipinski definition) is 1. The molecule has 0 amide bonds. The van der Waals surface area contributed by atoms with E-state index >= 15 is 0 Å². The first kappa shape index (κ1) is 18.7. The lowest BCUT2D eigenvalue weighted by Gasteiger charge is -2.41. The van der Waals surface area contributed by atoms with Gasteiger partial charge in [0, 0.05) is 11.6 Å². The topological polar surface area (TPSA) is 55.8 Å². The number of hydrogen-bond acceptors (Lipinski definition) is 3. The zero-order valence-corrected chi connectivity index (χ0v) is 16.6. The van der Waals surface area contributed by atoms with E-state index in [2.05, 4.69) is 33.9 Å². The normalized spacial score (nSPS) is 20.0. The van der Waals surface area contributed by atoms with Crippen LogP contribution in [-0.4, -0.2) is 25.0 Å². The molecule has 1 aliphatic heterocycles. The molecule has 1 unspecified atom stereocenters. The number of carboxylic acid groups (broad SMARTS) is 1. The Balaban J connectivity index is 2.40. The Hall–Kier alpha value is -1.59. The minimum atomic E-state index is -1.97. The summed E-state index contributed by atoms with van der Waals surface area (Å²) in [5, 5.41) is 8.92. The summed E-state index contributed by atoms with van der Waals surface area (Å²) in [7, 11) is -1.97. The van der Waals surface area contributed by atoms with Gasteiger partial charge in [-0.2, -0.15) is 0 Å². The van der Waals surface area contributed by atoms with E-state index in [0.29, 0.717) is 0 Å². The Morgan fingerprint density at radius 3 is 2.50 bits per heavy atom. The molecule has 1 aromatic carbocycles. The highest BCUT2D eigenvalue weighted by Crippen LogP contribution is 2.49. The standard InChI is InChI=1S/C19H28O4Si/c1-18(2,3)24(6,7)23-17-14-12-13(9-11-16(20)21)8-10-15(14)22-19(17,4)5/h8-12,17H,1-7H3,(H,20,21)/b11-9+. The fourth-order valence-electron chi connectivity index (χ4n) is 2.52. The Morgan fingerprint density at radius 2 is 1.96 bits per heavy atom. The molecule has 132 valence electrons. The molecule has 1 aromatic rings. The molecule has 5 heteroatoms. The summed E-state index contributed by atoms with van der Waals surface area (Å²) in [5.41, 5.74) is 1.38. The van der Waals surface area contributed by atoms with E-state index in [-0.39, 0.29) is 11.1 Å². The van der Waals surface area contributed by atoms with Crippen LogP contribution in [0.2, 0.25) is 18.1 Å². The van der Waals surface area contributed by atoms with Gasteiger partial charge in [0.25, 0.3) is 0 Å². The van der Waals surface area contributed by atoms with Crippen molar-refractivity contribution in [2.75, 3.05) is 0 Å². The van der Waals surface area contributed by atoms with Crippen LogP contribution < -0.4 is 4.74 Å². The largest absolute Gasteiger partial charge is 0.484 e. The molecule has 0 fully saturated rings. The van der Waals surface area contributed by atoms with Crippen molar-refractivity contribution in [1.29, 1.82) is 0 Å². The zero-order chi connectivity index (χ0) is 18.3. The number of ether oxygens (including phenoxy) is 1. The van der Waals surface area contributed by atoms with Crippen LogP contribution >= 0.6 is 0 Å². The van der Waals surface area contributed by atoms with Crippen LogP contribution in [-0.2, 0) is 9.22 Å². The van der Waals surface area contributed by atoms with Crippen LogP contribution in [0.15, 0.2) is 24.3 Å². The van der Waals surface area contributed by atoms with Gasteiger partial charge in [-0.15, -0.1) is 0 Å². The second-order valence-corrected chi connectivity index (χ2v) is 13.2. The van der Waals surface area contributed by atoms with Crippen molar-refractivity contribution in [2.45, 2.75) is 64.5 Å². The highest BCUT2D eigenvalue weighted by Gasteiger charge is 2.48. The zero-order valence-electron chi connectivity index (χ0n) is 15.6. The Morgan fingerprint density at radius 1 is 1.33 bits per heavy atom. The van der Waals surface area contributed by atoms with Crippen LogP contribution in [0.3, 0.4) is 0 Å². The van der Waals surface area contributed by atoms with Gasteiger partial charge in [-0.25, -0.2) is 4.79 Å². The minimum absolute atomic E-state index is 0.104. The second-order valence-electron chi connectivity index (χ2n) is 8.43. The number of benzene rings is 1. The van der Waals surface area contributed by atoms with Crippen molar-refractivity contribution in [2.24, 2.45) is 0 Å². The van der Waals surface area contributed by atoms with Gasteiger partial charge in [-0.1, -0.05) is 26.8 Å². The highest BCUT2D eigenvalue weighted by atomic mass is 28.4. The lowest BCUT2D eigenvalue weighted by atomic mass is 9.96. The molecule has 0 spiro atoms. The van der Waals surface area contributed by atoms with E-state index in [1.807, 2.05) is 32.0 Å². The lowest BCUT2D eigenvalue weighted by molar-refractivity contribution is -0.131. The van der Waals surface area contributed by atoms with Crippen LogP contribution in [0.4, 0.5) is 0 Å². The summed E-state index contributed by atoms with van der Waals surface area (Å²) in [6, 6.07) is 5.73. The third-order valence-electron chi connectivity index (χ3n) is 4.96. The third-order valence-corrected chi connectivity index (χ3v) is 9.40. The van der Waals surface area contributed by atoms with Crippen molar-refractivity contribution >= 4 is 20.4 Å². The predicted molar refractivity (Wildman–Crippen MR) is 98.8 cm³/mol. The summed E-state index contributed by atoms with van der Waals surface area (Å²) in [5.74, 6) is -0.141. The lowest BCUT2D eigenvalue weighted by Crippen LogP contribution is -2.46. The monoisotopic (exact) mass is 348 g/mol. The van der Waals surface area contributed by atoms with E-state index in [4.69, 9.17) is 14.3 Å². The first-order chi connectivity index (χ1) is 10.8. The fraction of sp³-hybridized carbons (Fsp3) is 0.526. The Bertz CT molecular complexity index is 668. The predicted octanol–water partition coefficient (Wildman–Crippen LogP) is 5.02. The average Bonchev–Trinajstić information content (AvgIpc) is 2.65. The molecule has 0 aliphatic carbocycles. The SMILES string of the molecule is CC1(C)Oc2ccc(/C=C/C(=O)O)cc2C1O[Si](C)(C)C(C)(C)C. The third kappa shape index (κ3) is 3.73. The maximum atomic E-state index is 10.7. The quantitative estimate of drug-likeness (QED) is 0.613. The van der Waals surface area contributed by atoms with Gasteiger partial charge in [0.15, 0.2) is 8.32 Å². The van der Waals surface area contributed by atoms with E-state index in [9.17, 15) is 4.79 Å². The minimum Gasteiger partial charge on any atom is -0.484 e. The number of carboxylic acids is 1. The van der Waals surface area contributed by atoms with Gasteiger partial charge in [0.05, 0.1) is 0 Å². The summed E-state index contributed by atoms with van der Waals surface area (Å²) < 4.78 is 12.8. The van der Waals surface area contributed by atoms with Crippen LogP contribution in [0.25, 0.3) is 6.08 Å². The van der Waals surface area contributed by atoms with Crippen molar-refractivity contribution in [3.05, 3.63) is 35.4 Å². The molecule has 1 heterocycles. The fourth-order valence-corrected chi connectivity index (χ4v) is 3.88. The summed E-state index contributed by atoms with van der Waals surface area (Å²) in [6.07, 6.45) is 2.58. The van der Waals surface area contributed by atoms with E-state index in [0.717, 1.165) is 23.0 Å². The first-order valence-corrected chi connectivity index (χ1v) is 11.2. The van der Waals surface area contributed by atoms with Crippen molar-refractivity contribution in [3.63, 3.8) is 0 Å². The van der Waals surface area contributed by atoms with Gasteiger partial charge in [0.1, 0.15) is 17.5 Å². The Labute approximate surface area is 145 Å². The van der Waals surface area contributed by atoms with Crippen LogP contribution in [0, 0.1) is 0 Å². The molecular weight excluding hydrogens is 320 g/mol. The second kappa shape index (κ2) is 6.04. The molecule has 0 radical (unpaired) electrons. The molecule has 24 heavy (non-hydrogen) atoms. The van der Waals surface area contributed by atoms with Gasteiger partial charge >= 0.3 is 5.97 Å². The van der Waals surface area contributed by atoms with Crippen molar-refractivity contribution in [1.82, 2.24) is 0 Å². The van der Waals surface area contributed by atoms with E-state index in [1.165, 1.54) is 0 Å². The number of rotatable bonds is 4. The highest BCUT2D eigenvalue weighted by molar-refractivity contribution is 6.74. The smallest absolute Gasteiger partial charge is 0.328 e. The molecule has 1 atom stereocenters. The summed E-state index contributed by atoms with van der Waals surface area (Å²) >= 11 is 0. The van der Waals surface area contributed by atoms with Gasteiger partial charge in [-0.3, -0.25) is 0 Å². The number of carbonyl (C=O) groups is 1. The molecular formula is C19H28O4Si. The molecule has 0 bridgehead atoms. The van der Waals surface area contributed by atoms with Crippen LogP contribution in [0.1, 0.15) is 51.8 Å². The number of fused-ring (bicyclic) bond motifs is 1. The molecule has 0 saturated carbocycles. The molecule has 0 aromatic heterocycles. The Kier molecular flexibility index (Phi) is 4.72.